The molecule has 0 aliphatic carbocycles. The van der Waals surface area contributed by atoms with Crippen molar-refractivity contribution < 1.29 is 4.74 Å². The molecule has 1 aromatic rings. The summed E-state index contributed by atoms with van der Waals surface area (Å²) in [6.45, 7) is 4.89. The highest BCUT2D eigenvalue weighted by molar-refractivity contribution is 7.10. The summed E-state index contributed by atoms with van der Waals surface area (Å²) in [6.07, 6.45) is 0.992. The average Bonchev–Trinajstić information content (AvgIpc) is 2.84. The summed E-state index contributed by atoms with van der Waals surface area (Å²) in [6, 6.07) is 5.06. The van der Waals surface area contributed by atoms with Crippen LogP contribution in [0.3, 0.4) is 0 Å². The highest BCUT2D eigenvalue weighted by Crippen LogP contribution is 2.25. The van der Waals surface area contributed by atoms with Crippen LogP contribution >= 0.6 is 11.3 Å². The number of nitrogens with zero attached hydrogens (tertiary/aromatic N) is 1. The van der Waals surface area contributed by atoms with E-state index in [9.17, 15) is 0 Å². The number of thiophene rings is 1. The Labute approximate surface area is 108 Å². The normalized spacial score (nSPS) is 27.3. The van der Waals surface area contributed by atoms with Crippen LogP contribution in [0.4, 0.5) is 0 Å². The van der Waals surface area contributed by atoms with E-state index in [2.05, 4.69) is 36.4 Å². The third-order valence-electron chi connectivity index (χ3n) is 3.67. The minimum absolute atomic E-state index is 0.293. The maximum absolute atomic E-state index is 6.14. The van der Waals surface area contributed by atoms with Gasteiger partial charge in [0, 0.05) is 36.0 Å². The molecule has 1 aliphatic heterocycles. The van der Waals surface area contributed by atoms with Gasteiger partial charge >= 0.3 is 0 Å². The Morgan fingerprint density at radius 2 is 2.47 bits per heavy atom. The van der Waals surface area contributed by atoms with Crippen LogP contribution in [-0.4, -0.2) is 37.7 Å². The molecule has 2 heterocycles. The molecule has 1 saturated heterocycles. The summed E-state index contributed by atoms with van der Waals surface area (Å²) in [4.78, 5) is 3.79. The molecule has 0 radical (unpaired) electrons. The molecule has 0 spiro atoms. The van der Waals surface area contributed by atoms with Crippen molar-refractivity contribution in [3.8, 4) is 0 Å². The third kappa shape index (κ3) is 3.28. The van der Waals surface area contributed by atoms with E-state index >= 15 is 0 Å². The number of hydrogen-bond donors (Lipinski definition) is 1. The summed E-state index contributed by atoms with van der Waals surface area (Å²) in [5.41, 5.74) is 6.14. The van der Waals surface area contributed by atoms with Crippen LogP contribution in [0.5, 0.6) is 0 Å². The second-order valence-corrected chi connectivity index (χ2v) is 5.90. The predicted octanol–water partition coefficient (Wildman–Crippen LogP) is 2.10. The van der Waals surface area contributed by atoms with Crippen molar-refractivity contribution in [1.82, 2.24) is 4.90 Å². The van der Waals surface area contributed by atoms with E-state index in [1.165, 1.54) is 4.88 Å². The van der Waals surface area contributed by atoms with E-state index in [0.29, 0.717) is 18.0 Å². The third-order valence-corrected chi connectivity index (χ3v) is 4.71. The first kappa shape index (κ1) is 13.0. The Balaban J connectivity index is 1.89. The molecule has 1 aliphatic rings. The maximum Gasteiger partial charge on any atom is 0.0521 e. The van der Waals surface area contributed by atoms with Gasteiger partial charge in [-0.15, -0.1) is 11.3 Å². The van der Waals surface area contributed by atoms with Crippen molar-refractivity contribution in [2.75, 3.05) is 26.8 Å². The van der Waals surface area contributed by atoms with E-state index < -0.39 is 0 Å². The van der Waals surface area contributed by atoms with Crippen molar-refractivity contribution in [2.45, 2.75) is 25.4 Å². The van der Waals surface area contributed by atoms with Crippen molar-refractivity contribution in [3.63, 3.8) is 0 Å². The fourth-order valence-corrected chi connectivity index (χ4v) is 3.12. The molecular weight excluding hydrogens is 232 g/mol. The second kappa shape index (κ2) is 5.96. The van der Waals surface area contributed by atoms with E-state index in [-0.39, 0.29) is 0 Å². The van der Waals surface area contributed by atoms with Gasteiger partial charge in [-0.05, 0) is 31.8 Å². The smallest absolute Gasteiger partial charge is 0.0521 e. The zero-order valence-corrected chi connectivity index (χ0v) is 11.5. The van der Waals surface area contributed by atoms with Gasteiger partial charge in [-0.3, -0.25) is 4.90 Å². The molecule has 1 aromatic heterocycles. The molecule has 3 atom stereocenters. The van der Waals surface area contributed by atoms with E-state index in [1.807, 2.05) is 11.3 Å². The summed E-state index contributed by atoms with van der Waals surface area (Å²) in [5, 5.41) is 2.13. The Morgan fingerprint density at radius 1 is 1.65 bits per heavy atom. The largest absolute Gasteiger partial charge is 0.381 e. The molecule has 17 heavy (non-hydrogen) atoms. The Kier molecular flexibility index (Phi) is 4.56. The monoisotopic (exact) mass is 254 g/mol. The van der Waals surface area contributed by atoms with Crippen LogP contribution < -0.4 is 5.73 Å². The van der Waals surface area contributed by atoms with Gasteiger partial charge in [-0.25, -0.2) is 0 Å². The first-order valence-corrected chi connectivity index (χ1v) is 7.13. The minimum atomic E-state index is 0.293. The maximum atomic E-state index is 6.14. The van der Waals surface area contributed by atoms with Crippen molar-refractivity contribution >= 4 is 11.3 Å². The number of hydrogen-bond acceptors (Lipinski definition) is 4. The van der Waals surface area contributed by atoms with Gasteiger partial charge in [0.05, 0.1) is 6.61 Å². The van der Waals surface area contributed by atoms with Crippen LogP contribution in [-0.2, 0) is 4.74 Å². The molecule has 2 rings (SSSR count). The lowest BCUT2D eigenvalue weighted by molar-refractivity contribution is 0.0250. The number of nitrogens with two attached hydrogens (primary N) is 1. The van der Waals surface area contributed by atoms with Crippen LogP contribution in [0.25, 0.3) is 0 Å². The van der Waals surface area contributed by atoms with E-state index in [4.69, 9.17) is 10.5 Å². The quantitative estimate of drug-likeness (QED) is 0.894. The van der Waals surface area contributed by atoms with Gasteiger partial charge in [-0.1, -0.05) is 6.07 Å². The molecule has 0 saturated carbocycles. The van der Waals surface area contributed by atoms with Gasteiger partial charge in [0.15, 0.2) is 0 Å². The van der Waals surface area contributed by atoms with Crippen molar-refractivity contribution in [2.24, 2.45) is 11.7 Å². The molecule has 3 nitrogen and oxygen atoms in total. The van der Waals surface area contributed by atoms with Crippen LogP contribution in [0.2, 0.25) is 0 Å². The standard InChI is InChI=1S/C13H22N2OS/c1-10(13-4-3-7-17-13)15(2)8-11-9-16-6-5-12(11)14/h3-4,7,10-12H,5-6,8-9,14H2,1-2H3. The molecule has 96 valence electrons. The topological polar surface area (TPSA) is 38.5 Å². The fourth-order valence-electron chi connectivity index (χ4n) is 2.28. The zero-order valence-electron chi connectivity index (χ0n) is 10.6. The highest BCUT2D eigenvalue weighted by atomic mass is 32.1. The molecule has 4 heteroatoms. The Morgan fingerprint density at radius 3 is 3.12 bits per heavy atom. The first-order valence-electron chi connectivity index (χ1n) is 6.25. The second-order valence-electron chi connectivity index (χ2n) is 4.92. The summed E-state index contributed by atoms with van der Waals surface area (Å²) >= 11 is 1.82. The van der Waals surface area contributed by atoms with Gasteiger partial charge in [0.2, 0.25) is 0 Å². The van der Waals surface area contributed by atoms with E-state index in [0.717, 1.165) is 26.2 Å². The van der Waals surface area contributed by atoms with Gasteiger partial charge < -0.3 is 10.5 Å². The molecule has 2 N–H and O–H groups in total. The fraction of sp³-hybridized carbons (Fsp3) is 0.692. The lowest BCUT2D eigenvalue weighted by atomic mass is 9.96. The molecule has 1 fully saturated rings. The van der Waals surface area contributed by atoms with Crippen molar-refractivity contribution in [3.05, 3.63) is 22.4 Å². The van der Waals surface area contributed by atoms with Gasteiger partial charge in [0.1, 0.15) is 0 Å². The summed E-state index contributed by atoms with van der Waals surface area (Å²) in [5.74, 6) is 0.469. The molecule has 0 aromatic carbocycles. The summed E-state index contributed by atoms with van der Waals surface area (Å²) in [7, 11) is 2.17. The minimum Gasteiger partial charge on any atom is -0.381 e. The molecular formula is C13H22N2OS. The lowest BCUT2D eigenvalue weighted by Gasteiger charge is -2.34. The van der Waals surface area contributed by atoms with Gasteiger partial charge in [0.25, 0.3) is 0 Å². The van der Waals surface area contributed by atoms with Crippen LogP contribution in [0.15, 0.2) is 17.5 Å². The van der Waals surface area contributed by atoms with Crippen molar-refractivity contribution in [1.29, 1.82) is 0 Å². The molecule has 3 unspecified atom stereocenters. The lowest BCUT2D eigenvalue weighted by Crippen LogP contribution is -2.44. The molecule has 0 amide bonds. The molecule has 0 bridgehead atoms. The number of rotatable bonds is 4. The average molecular weight is 254 g/mol. The Bertz CT molecular complexity index is 328. The first-order chi connectivity index (χ1) is 8.18. The van der Waals surface area contributed by atoms with Gasteiger partial charge in [-0.2, -0.15) is 0 Å². The summed E-state index contributed by atoms with van der Waals surface area (Å²) < 4.78 is 5.52. The van der Waals surface area contributed by atoms with Crippen LogP contribution in [0.1, 0.15) is 24.3 Å². The van der Waals surface area contributed by atoms with Crippen LogP contribution in [0, 0.1) is 5.92 Å². The Hall–Kier alpha value is -0.420. The predicted molar refractivity (Wildman–Crippen MR) is 72.3 cm³/mol. The number of ether oxygens (including phenoxy) is 1. The zero-order chi connectivity index (χ0) is 12.3. The SMILES string of the molecule is CC(c1cccs1)N(C)CC1COCCC1N. The highest BCUT2D eigenvalue weighted by Gasteiger charge is 2.25. The van der Waals surface area contributed by atoms with E-state index in [1.54, 1.807) is 0 Å².